The first kappa shape index (κ1) is 15.7. The molecule has 108 valence electrons. The van der Waals surface area contributed by atoms with E-state index in [1.807, 2.05) is 0 Å². The van der Waals surface area contributed by atoms with Crippen LogP contribution < -0.4 is 5.32 Å². The molecule has 0 spiro atoms. The zero-order valence-corrected chi connectivity index (χ0v) is 15.1. The molecule has 1 N–H and O–H groups in total. The summed E-state index contributed by atoms with van der Waals surface area (Å²) in [5.41, 5.74) is 1.13. The van der Waals surface area contributed by atoms with Gasteiger partial charge in [-0.2, -0.15) is 0 Å². The quantitative estimate of drug-likeness (QED) is 0.710. The zero-order valence-electron chi connectivity index (χ0n) is 12.2. The van der Waals surface area contributed by atoms with Crippen molar-refractivity contribution in [2.45, 2.75) is 40.0 Å². The SMILES string of the molecule is CCCNc1nc(-c2ccc(CC)s2)nc(CC)c1I. The molecule has 0 saturated carbocycles. The van der Waals surface area contributed by atoms with Crippen molar-refractivity contribution >= 4 is 39.7 Å². The van der Waals surface area contributed by atoms with Crippen LogP contribution in [0.2, 0.25) is 0 Å². The van der Waals surface area contributed by atoms with Crippen LogP contribution in [-0.2, 0) is 12.8 Å². The maximum Gasteiger partial charge on any atom is 0.171 e. The van der Waals surface area contributed by atoms with Gasteiger partial charge >= 0.3 is 0 Å². The minimum Gasteiger partial charge on any atom is -0.369 e. The highest BCUT2D eigenvalue weighted by Gasteiger charge is 2.13. The van der Waals surface area contributed by atoms with Gasteiger partial charge in [0.25, 0.3) is 0 Å². The van der Waals surface area contributed by atoms with Gasteiger partial charge in [0, 0.05) is 11.4 Å². The molecule has 2 heterocycles. The van der Waals surface area contributed by atoms with Crippen LogP contribution in [0.4, 0.5) is 5.82 Å². The van der Waals surface area contributed by atoms with E-state index in [2.05, 4.69) is 60.8 Å². The van der Waals surface area contributed by atoms with Gasteiger partial charge in [0.15, 0.2) is 5.82 Å². The summed E-state index contributed by atoms with van der Waals surface area (Å²) in [5.74, 6) is 1.83. The summed E-state index contributed by atoms with van der Waals surface area (Å²) >= 11 is 4.13. The number of nitrogens with one attached hydrogen (secondary N) is 1. The van der Waals surface area contributed by atoms with E-state index in [-0.39, 0.29) is 0 Å². The smallest absolute Gasteiger partial charge is 0.171 e. The number of nitrogens with zero attached hydrogens (tertiary/aromatic N) is 2. The van der Waals surface area contributed by atoms with E-state index in [1.54, 1.807) is 11.3 Å². The molecule has 0 aliphatic rings. The molecule has 2 rings (SSSR count). The molecule has 0 radical (unpaired) electrons. The first-order chi connectivity index (χ1) is 9.69. The van der Waals surface area contributed by atoms with Crippen molar-refractivity contribution in [2.24, 2.45) is 0 Å². The molecule has 0 aromatic carbocycles. The van der Waals surface area contributed by atoms with Gasteiger partial charge in [-0.05, 0) is 54.0 Å². The van der Waals surface area contributed by atoms with Crippen LogP contribution in [0.25, 0.3) is 10.7 Å². The molecule has 2 aromatic heterocycles. The molecule has 20 heavy (non-hydrogen) atoms. The third-order valence-corrected chi connectivity index (χ3v) is 5.39. The van der Waals surface area contributed by atoms with Crippen LogP contribution in [0.5, 0.6) is 0 Å². The fourth-order valence-corrected chi connectivity index (χ4v) is 3.58. The molecule has 3 nitrogen and oxygen atoms in total. The third kappa shape index (κ3) is 3.49. The summed E-state index contributed by atoms with van der Waals surface area (Å²) in [7, 11) is 0. The lowest BCUT2D eigenvalue weighted by Crippen LogP contribution is -2.08. The second-order valence-electron chi connectivity index (χ2n) is 4.56. The van der Waals surface area contributed by atoms with Crippen molar-refractivity contribution in [1.29, 1.82) is 0 Å². The highest BCUT2D eigenvalue weighted by atomic mass is 127. The Bertz CT molecular complexity index is 580. The molecule has 0 aliphatic heterocycles. The predicted molar refractivity (Wildman–Crippen MR) is 95.6 cm³/mol. The van der Waals surface area contributed by atoms with Gasteiger partial charge in [-0.3, -0.25) is 0 Å². The minimum absolute atomic E-state index is 0.852. The van der Waals surface area contributed by atoms with Gasteiger partial charge in [-0.15, -0.1) is 11.3 Å². The first-order valence-corrected chi connectivity index (χ1v) is 8.98. The second-order valence-corrected chi connectivity index (χ2v) is 6.80. The molecular weight excluding hydrogens is 381 g/mol. The van der Waals surface area contributed by atoms with Crippen LogP contribution in [0, 0.1) is 3.57 Å². The van der Waals surface area contributed by atoms with Gasteiger partial charge in [0.1, 0.15) is 5.82 Å². The van der Waals surface area contributed by atoms with Crippen molar-refractivity contribution in [3.63, 3.8) is 0 Å². The Morgan fingerprint density at radius 2 is 1.95 bits per heavy atom. The number of anilines is 1. The third-order valence-electron chi connectivity index (χ3n) is 3.03. The van der Waals surface area contributed by atoms with Crippen LogP contribution in [0.1, 0.15) is 37.8 Å². The van der Waals surface area contributed by atoms with Crippen molar-refractivity contribution < 1.29 is 0 Å². The van der Waals surface area contributed by atoms with E-state index < -0.39 is 0 Å². The standard InChI is InChI=1S/C15H20IN3S/c1-4-9-17-15-13(16)11(6-3)18-14(19-15)12-8-7-10(5-2)20-12/h7-8H,4-6,9H2,1-3H3,(H,17,18,19). The molecule has 0 amide bonds. The second kappa shape index (κ2) is 7.36. The van der Waals surface area contributed by atoms with Gasteiger partial charge in [-0.1, -0.05) is 20.8 Å². The Morgan fingerprint density at radius 3 is 2.55 bits per heavy atom. The molecule has 0 bridgehead atoms. The van der Waals surface area contributed by atoms with E-state index in [1.165, 1.54) is 4.88 Å². The summed E-state index contributed by atoms with van der Waals surface area (Å²) < 4.78 is 1.15. The van der Waals surface area contributed by atoms with Crippen molar-refractivity contribution in [2.75, 3.05) is 11.9 Å². The van der Waals surface area contributed by atoms with E-state index in [9.17, 15) is 0 Å². The molecule has 0 unspecified atom stereocenters. The maximum absolute atomic E-state index is 4.73. The van der Waals surface area contributed by atoms with E-state index in [0.717, 1.165) is 51.6 Å². The minimum atomic E-state index is 0.852. The lowest BCUT2D eigenvalue weighted by molar-refractivity contribution is 0.944. The number of halogens is 1. The van der Waals surface area contributed by atoms with E-state index in [0.29, 0.717) is 0 Å². The number of aryl methyl sites for hydroxylation is 2. The Hall–Kier alpha value is -0.690. The first-order valence-electron chi connectivity index (χ1n) is 7.08. The fourth-order valence-electron chi connectivity index (χ4n) is 1.89. The molecule has 0 aliphatic carbocycles. The lowest BCUT2D eigenvalue weighted by atomic mass is 10.3. The molecule has 5 heteroatoms. The van der Waals surface area contributed by atoms with Crippen LogP contribution >= 0.6 is 33.9 Å². The summed E-state index contributed by atoms with van der Waals surface area (Å²) in [6, 6.07) is 4.31. The number of hydrogen-bond acceptors (Lipinski definition) is 4. The number of rotatable bonds is 6. The summed E-state index contributed by atoms with van der Waals surface area (Å²) in [5, 5.41) is 3.41. The largest absolute Gasteiger partial charge is 0.369 e. The van der Waals surface area contributed by atoms with E-state index >= 15 is 0 Å². The molecule has 0 saturated heterocycles. The highest BCUT2D eigenvalue weighted by Crippen LogP contribution is 2.29. The number of aromatic nitrogens is 2. The van der Waals surface area contributed by atoms with Gasteiger partial charge in [0.05, 0.1) is 14.1 Å². The van der Waals surface area contributed by atoms with Gasteiger partial charge in [-0.25, -0.2) is 9.97 Å². The highest BCUT2D eigenvalue weighted by molar-refractivity contribution is 14.1. The zero-order chi connectivity index (χ0) is 14.5. The molecule has 0 atom stereocenters. The Balaban J connectivity index is 2.42. The normalized spacial score (nSPS) is 10.8. The predicted octanol–water partition coefficient (Wildman–Crippen LogP) is 4.76. The maximum atomic E-state index is 4.73. The monoisotopic (exact) mass is 401 g/mol. The van der Waals surface area contributed by atoms with Crippen LogP contribution in [-0.4, -0.2) is 16.5 Å². The van der Waals surface area contributed by atoms with Crippen molar-refractivity contribution in [3.8, 4) is 10.7 Å². The Kier molecular flexibility index (Phi) is 5.77. The van der Waals surface area contributed by atoms with E-state index in [4.69, 9.17) is 9.97 Å². The average Bonchev–Trinajstić information content (AvgIpc) is 2.95. The topological polar surface area (TPSA) is 37.8 Å². The van der Waals surface area contributed by atoms with Crippen LogP contribution in [0.3, 0.4) is 0 Å². The molecular formula is C15H20IN3S. The van der Waals surface area contributed by atoms with Gasteiger partial charge < -0.3 is 5.32 Å². The lowest BCUT2D eigenvalue weighted by Gasteiger charge is -2.11. The van der Waals surface area contributed by atoms with Gasteiger partial charge in [0.2, 0.25) is 0 Å². The number of thiophene rings is 1. The fraction of sp³-hybridized carbons (Fsp3) is 0.467. The Labute approximate surface area is 138 Å². The molecule has 2 aromatic rings. The average molecular weight is 401 g/mol. The summed E-state index contributed by atoms with van der Waals surface area (Å²) in [4.78, 5) is 12.0. The number of hydrogen-bond donors (Lipinski definition) is 1. The summed E-state index contributed by atoms with van der Waals surface area (Å²) in [6.45, 7) is 7.43. The molecule has 0 fully saturated rings. The van der Waals surface area contributed by atoms with Crippen molar-refractivity contribution in [3.05, 3.63) is 26.3 Å². The van der Waals surface area contributed by atoms with Crippen molar-refractivity contribution in [1.82, 2.24) is 9.97 Å². The Morgan fingerprint density at radius 1 is 1.15 bits per heavy atom. The summed E-state index contributed by atoms with van der Waals surface area (Å²) in [6.07, 6.45) is 3.09. The van der Waals surface area contributed by atoms with Crippen LogP contribution in [0.15, 0.2) is 12.1 Å².